The number of carbonyl (C=O) groups excluding carboxylic acids is 1. The van der Waals surface area contributed by atoms with Crippen molar-refractivity contribution in [2.24, 2.45) is 4.99 Å². The molecule has 3 nitrogen and oxygen atoms in total. The third-order valence-electron chi connectivity index (χ3n) is 4.94. The molecule has 0 radical (unpaired) electrons. The first-order valence-corrected chi connectivity index (χ1v) is 8.78. The van der Waals surface area contributed by atoms with E-state index in [1.54, 1.807) is 11.3 Å². The summed E-state index contributed by atoms with van der Waals surface area (Å²) in [6, 6.07) is 5.02. The van der Waals surface area contributed by atoms with Crippen molar-refractivity contribution >= 4 is 23.3 Å². The maximum atomic E-state index is 12.5. The van der Waals surface area contributed by atoms with Crippen molar-refractivity contribution in [3.63, 3.8) is 0 Å². The fraction of sp³-hybridized carbons (Fsp3) is 0.529. The van der Waals surface area contributed by atoms with Crippen LogP contribution in [0.5, 0.6) is 0 Å². The van der Waals surface area contributed by atoms with Crippen LogP contribution in [-0.2, 0) is 4.79 Å². The lowest BCUT2D eigenvalue weighted by molar-refractivity contribution is -0.115. The third kappa shape index (κ3) is 2.46. The predicted octanol–water partition coefficient (Wildman–Crippen LogP) is 3.43. The van der Waals surface area contributed by atoms with Gasteiger partial charge in [-0.2, -0.15) is 0 Å². The molecule has 1 aromatic heterocycles. The van der Waals surface area contributed by atoms with Gasteiger partial charge in [0.25, 0.3) is 0 Å². The van der Waals surface area contributed by atoms with Gasteiger partial charge in [-0.15, -0.1) is 11.3 Å². The van der Waals surface area contributed by atoms with Crippen molar-refractivity contribution in [1.82, 2.24) is 5.32 Å². The number of thiophene rings is 1. The van der Waals surface area contributed by atoms with Crippen molar-refractivity contribution < 1.29 is 4.79 Å². The van der Waals surface area contributed by atoms with Gasteiger partial charge in [-0.25, -0.2) is 0 Å². The van der Waals surface area contributed by atoms with E-state index >= 15 is 0 Å². The smallest absolute Gasteiger partial charge is 0.166 e. The number of hydrogen-bond acceptors (Lipinski definition) is 4. The van der Waals surface area contributed by atoms with Gasteiger partial charge in [-0.1, -0.05) is 18.9 Å². The van der Waals surface area contributed by atoms with Gasteiger partial charge in [0, 0.05) is 35.2 Å². The first-order valence-electron chi connectivity index (χ1n) is 7.91. The number of fused-ring (bicyclic) bond motifs is 1. The quantitative estimate of drug-likeness (QED) is 0.863. The van der Waals surface area contributed by atoms with Crippen LogP contribution in [0.1, 0.15) is 49.3 Å². The predicted molar refractivity (Wildman–Crippen MR) is 86.0 cm³/mol. The van der Waals surface area contributed by atoms with Gasteiger partial charge in [0.05, 0.1) is 11.6 Å². The minimum Gasteiger partial charge on any atom is -0.383 e. The molecule has 4 heteroatoms. The summed E-state index contributed by atoms with van der Waals surface area (Å²) in [5.41, 5.74) is 1.99. The first kappa shape index (κ1) is 13.3. The highest BCUT2D eigenvalue weighted by molar-refractivity contribution is 7.10. The Kier molecular flexibility index (Phi) is 3.42. The molecule has 0 aromatic carbocycles. The number of aliphatic imine (C=N–C) groups is 1. The molecule has 21 heavy (non-hydrogen) atoms. The van der Waals surface area contributed by atoms with Crippen molar-refractivity contribution in [3.8, 4) is 0 Å². The van der Waals surface area contributed by atoms with E-state index in [4.69, 9.17) is 4.99 Å². The highest BCUT2D eigenvalue weighted by Gasteiger charge is 2.33. The summed E-state index contributed by atoms with van der Waals surface area (Å²) < 4.78 is 0. The van der Waals surface area contributed by atoms with Crippen LogP contribution in [-0.4, -0.2) is 24.1 Å². The van der Waals surface area contributed by atoms with Crippen molar-refractivity contribution in [1.29, 1.82) is 0 Å². The molecule has 0 bridgehead atoms. The second-order valence-corrected chi connectivity index (χ2v) is 7.30. The van der Waals surface area contributed by atoms with Gasteiger partial charge in [-0.3, -0.25) is 9.79 Å². The monoisotopic (exact) mass is 300 g/mol. The molecule has 0 unspecified atom stereocenters. The van der Waals surface area contributed by atoms with Crippen molar-refractivity contribution in [2.75, 3.05) is 0 Å². The number of Topliss-reactive ketones (excluding diaryl/α,β-unsaturated/α-hetero) is 1. The number of carbonyl (C=O) groups is 1. The van der Waals surface area contributed by atoms with Crippen LogP contribution in [0.15, 0.2) is 33.8 Å². The lowest BCUT2D eigenvalue weighted by atomic mass is 9.85. The first-order chi connectivity index (χ1) is 10.3. The number of nitrogens with one attached hydrogen (secondary N) is 1. The van der Waals surface area contributed by atoms with Crippen LogP contribution in [0.2, 0.25) is 0 Å². The van der Waals surface area contributed by atoms with Crippen LogP contribution in [0.4, 0.5) is 0 Å². The Morgan fingerprint density at radius 1 is 1.24 bits per heavy atom. The van der Waals surface area contributed by atoms with E-state index in [1.807, 2.05) is 6.21 Å². The molecular formula is C17H20N2OS. The normalized spacial score (nSPS) is 32.2. The average molecular weight is 300 g/mol. The maximum Gasteiger partial charge on any atom is 0.166 e. The number of nitrogens with zero attached hydrogens (tertiary/aromatic N) is 1. The van der Waals surface area contributed by atoms with Crippen LogP contribution >= 0.6 is 11.3 Å². The van der Waals surface area contributed by atoms with Crippen molar-refractivity contribution in [3.05, 3.63) is 33.7 Å². The highest BCUT2D eigenvalue weighted by atomic mass is 32.1. The number of ketones is 1. The van der Waals surface area contributed by atoms with E-state index in [2.05, 4.69) is 22.8 Å². The summed E-state index contributed by atoms with van der Waals surface area (Å²) in [6.07, 6.45) is 8.31. The second-order valence-electron chi connectivity index (χ2n) is 6.32. The van der Waals surface area contributed by atoms with E-state index in [9.17, 15) is 4.79 Å². The molecule has 1 saturated carbocycles. The summed E-state index contributed by atoms with van der Waals surface area (Å²) >= 11 is 1.76. The van der Waals surface area contributed by atoms with Crippen LogP contribution in [0.25, 0.3) is 0 Å². The topological polar surface area (TPSA) is 41.5 Å². The standard InChI is InChI=1S/C17H20N2OS/c20-16-9-11(17-6-3-7-21-17)8-15-12(16)10-18-13-4-1-2-5-14(13)19-15/h3,6-7,10-11,13-14,19H,1-2,4-5,8-9H2/t11-,13-,14-/m1/s1. The Morgan fingerprint density at radius 3 is 3.00 bits per heavy atom. The van der Waals surface area contributed by atoms with Crippen molar-refractivity contribution in [2.45, 2.75) is 56.5 Å². The second kappa shape index (κ2) is 5.41. The van der Waals surface area contributed by atoms with E-state index < -0.39 is 0 Å². The molecule has 0 saturated heterocycles. The summed E-state index contributed by atoms with van der Waals surface area (Å²) in [5.74, 6) is 0.599. The van der Waals surface area contributed by atoms with Crippen LogP contribution in [0.3, 0.4) is 0 Å². The largest absolute Gasteiger partial charge is 0.383 e. The Labute approximate surface area is 129 Å². The molecule has 1 aromatic rings. The van der Waals surface area contributed by atoms with Crippen LogP contribution in [0, 0.1) is 0 Å². The third-order valence-corrected chi connectivity index (χ3v) is 5.97. The maximum absolute atomic E-state index is 12.5. The molecule has 2 aliphatic carbocycles. The van der Waals surface area contributed by atoms with Gasteiger partial charge < -0.3 is 5.32 Å². The van der Waals surface area contributed by atoms with Gasteiger partial charge in [0.15, 0.2) is 5.78 Å². The summed E-state index contributed by atoms with van der Waals surface area (Å²) in [5, 5.41) is 5.78. The summed E-state index contributed by atoms with van der Waals surface area (Å²) in [7, 11) is 0. The fourth-order valence-corrected chi connectivity index (χ4v) is 4.62. The zero-order valence-corrected chi connectivity index (χ0v) is 12.9. The van der Waals surface area contributed by atoms with Gasteiger partial charge in [0.1, 0.15) is 0 Å². The molecule has 110 valence electrons. The Balaban J connectivity index is 1.63. The molecule has 0 spiro atoms. The number of allylic oxidation sites excluding steroid dienone is 2. The number of rotatable bonds is 1. The SMILES string of the molecule is O=C1C[C@H](c2cccs2)CC2=C1C=N[C@@H]1CCCC[C@H]1N2. The Bertz CT molecular complexity index is 602. The van der Waals surface area contributed by atoms with Gasteiger partial charge in [0.2, 0.25) is 0 Å². The fourth-order valence-electron chi connectivity index (χ4n) is 3.79. The molecule has 1 aliphatic heterocycles. The highest BCUT2D eigenvalue weighted by Crippen LogP contribution is 2.37. The molecule has 1 N–H and O–H groups in total. The summed E-state index contributed by atoms with van der Waals surface area (Å²) in [6.45, 7) is 0. The molecule has 2 heterocycles. The molecule has 0 amide bonds. The van der Waals surface area contributed by atoms with Gasteiger partial charge in [-0.05, 0) is 30.7 Å². The lowest BCUT2D eigenvalue weighted by Crippen LogP contribution is -2.41. The minimum absolute atomic E-state index is 0.254. The zero-order chi connectivity index (χ0) is 14.2. The summed E-state index contributed by atoms with van der Waals surface area (Å²) in [4.78, 5) is 18.5. The van der Waals surface area contributed by atoms with E-state index in [0.29, 0.717) is 24.4 Å². The Morgan fingerprint density at radius 2 is 2.14 bits per heavy atom. The molecule has 1 fully saturated rings. The molecule has 3 atom stereocenters. The van der Waals surface area contributed by atoms with E-state index in [1.165, 1.54) is 24.1 Å². The van der Waals surface area contributed by atoms with E-state index in [-0.39, 0.29) is 5.78 Å². The average Bonchev–Trinajstić information content (AvgIpc) is 2.95. The van der Waals surface area contributed by atoms with Gasteiger partial charge >= 0.3 is 0 Å². The molecule has 4 rings (SSSR count). The Hall–Kier alpha value is -1.42. The number of hydrogen-bond donors (Lipinski definition) is 1. The zero-order valence-electron chi connectivity index (χ0n) is 12.0. The van der Waals surface area contributed by atoms with Crippen LogP contribution < -0.4 is 5.32 Å². The molecular weight excluding hydrogens is 280 g/mol. The molecule has 3 aliphatic rings. The minimum atomic E-state index is 0.254. The lowest BCUT2D eigenvalue weighted by Gasteiger charge is -2.32. The van der Waals surface area contributed by atoms with E-state index in [0.717, 1.165) is 24.1 Å².